The maximum Gasteiger partial charge on any atom is 0.000295 e. The van der Waals surface area contributed by atoms with Gasteiger partial charge in [0.1, 0.15) is 0 Å². The maximum atomic E-state index is 3.65. The van der Waals surface area contributed by atoms with Crippen molar-refractivity contribution in [2.24, 2.45) is 16.2 Å². The molecule has 0 aromatic rings. The lowest BCUT2D eigenvalue weighted by Gasteiger charge is -2.34. The first kappa shape index (κ1) is 13.0. The summed E-state index contributed by atoms with van der Waals surface area (Å²) < 4.78 is 0. The quantitative estimate of drug-likeness (QED) is 0.642. The summed E-state index contributed by atoms with van der Waals surface area (Å²) in [5.41, 5.74) is 1.38. The fourth-order valence-corrected chi connectivity index (χ4v) is 2.95. The third kappa shape index (κ3) is 4.55. The normalized spacial score (nSPS) is 30.0. The molecule has 1 N–H and O–H groups in total. The Hall–Kier alpha value is -0.0400. The van der Waals surface area contributed by atoms with E-state index in [1.807, 2.05) is 0 Å². The third-order valence-corrected chi connectivity index (χ3v) is 3.64. The molecule has 0 aromatic carbocycles. The van der Waals surface area contributed by atoms with Crippen molar-refractivity contribution < 1.29 is 0 Å². The molecule has 1 heteroatoms. The van der Waals surface area contributed by atoms with Crippen molar-refractivity contribution in [1.82, 2.24) is 5.32 Å². The summed E-state index contributed by atoms with van der Waals surface area (Å²) in [5.74, 6) is 0. The highest BCUT2D eigenvalue weighted by molar-refractivity contribution is 4.86. The molecule has 15 heavy (non-hydrogen) atoms. The molecule has 0 radical (unpaired) electrons. The van der Waals surface area contributed by atoms with Gasteiger partial charge in [0.25, 0.3) is 0 Å². The number of hydrogen-bond donors (Lipinski definition) is 1. The van der Waals surface area contributed by atoms with Crippen LogP contribution in [0.4, 0.5) is 0 Å². The van der Waals surface area contributed by atoms with E-state index in [4.69, 9.17) is 0 Å². The van der Waals surface area contributed by atoms with Crippen molar-refractivity contribution >= 4 is 0 Å². The van der Waals surface area contributed by atoms with Gasteiger partial charge in [-0.3, -0.25) is 0 Å². The molecule has 1 rings (SSSR count). The molecule has 0 aliphatic carbocycles. The SMILES string of the molecule is CC1(C)CCC(C)(C)CC(C)(C)CNC1. The van der Waals surface area contributed by atoms with Gasteiger partial charge < -0.3 is 5.32 Å². The van der Waals surface area contributed by atoms with Crippen LogP contribution in [0, 0.1) is 16.2 Å². The molecule has 1 aliphatic heterocycles. The van der Waals surface area contributed by atoms with Gasteiger partial charge in [-0.05, 0) is 35.5 Å². The molecular formula is C14H29N. The second-order valence-electron chi connectivity index (χ2n) is 7.77. The molecule has 90 valence electrons. The van der Waals surface area contributed by atoms with Crippen LogP contribution in [0.25, 0.3) is 0 Å². The molecule has 0 aromatic heterocycles. The summed E-state index contributed by atoms with van der Waals surface area (Å²) in [6.07, 6.45) is 4.01. The van der Waals surface area contributed by atoms with Crippen LogP contribution in [0.3, 0.4) is 0 Å². The molecule has 0 saturated carbocycles. The average Bonchev–Trinajstić information content (AvgIpc) is 2.00. The van der Waals surface area contributed by atoms with Gasteiger partial charge in [-0.15, -0.1) is 0 Å². The van der Waals surface area contributed by atoms with E-state index in [-0.39, 0.29) is 0 Å². The van der Waals surface area contributed by atoms with Crippen molar-refractivity contribution in [3.8, 4) is 0 Å². The molecule has 1 fully saturated rings. The Kier molecular flexibility index (Phi) is 3.55. The lowest BCUT2D eigenvalue weighted by Crippen LogP contribution is -2.35. The fraction of sp³-hybridized carbons (Fsp3) is 1.00. The zero-order chi connectivity index (χ0) is 11.7. The van der Waals surface area contributed by atoms with Crippen LogP contribution in [-0.2, 0) is 0 Å². The number of nitrogens with one attached hydrogen (secondary N) is 1. The Balaban J connectivity index is 2.74. The van der Waals surface area contributed by atoms with Gasteiger partial charge in [-0.2, -0.15) is 0 Å². The number of hydrogen-bond acceptors (Lipinski definition) is 1. The Morgan fingerprint density at radius 3 is 1.73 bits per heavy atom. The van der Waals surface area contributed by atoms with E-state index in [0.717, 1.165) is 13.1 Å². The minimum Gasteiger partial charge on any atom is -0.316 e. The van der Waals surface area contributed by atoms with Crippen molar-refractivity contribution in [2.75, 3.05) is 13.1 Å². The third-order valence-electron chi connectivity index (χ3n) is 3.64. The lowest BCUT2D eigenvalue weighted by molar-refractivity contribution is 0.177. The Morgan fingerprint density at radius 1 is 0.667 bits per heavy atom. The van der Waals surface area contributed by atoms with Crippen LogP contribution in [0.15, 0.2) is 0 Å². The lowest BCUT2D eigenvalue weighted by atomic mass is 9.71. The van der Waals surface area contributed by atoms with E-state index in [0.29, 0.717) is 16.2 Å². The maximum absolute atomic E-state index is 3.65. The minimum atomic E-state index is 0.434. The smallest absolute Gasteiger partial charge is 0.000295 e. The molecule has 0 unspecified atom stereocenters. The highest BCUT2D eigenvalue weighted by Gasteiger charge is 2.32. The average molecular weight is 211 g/mol. The zero-order valence-corrected chi connectivity index (χ0v) is 11.5. The van der Waals surface area contributed by atoms with E-state index < -0.39 is 0 Å². The highest BCUT2D eigenvalue weighted by atomic mass is 14.9. The highest BCUT2D eigenvalue weighted by Crippen LogP contribution is 2.40. The van der Waals surface area contributed by atoms with E-state index >= 15 is 0 Å². The molecule has 0 bridgehead atoms. The molecule has 0 amide bonds. The Morgan fingerprint density at radius 2 is 1.13 bits per heavy atom. The Labute approximate surface area is 96.0 Å². The first-order chi connectivity index (χ1) is 6.62. The van der Waals surface area contributed by atoms with Gasteiger partial charge in [0.2, 0.25) is 0 Å². The van der Waals surface area contributed by atoms with Crippen LogP contribution in [0.2, 0.25) is 0 Å². The molecule has 1 saturated heterocycles. The van der Waals surface area contributed by atoms with Crippen molar-refractivity contribution in [2.45, 2.75) is 60.8 Å². The summed E-state index contributed by atoms with van der Waals surface area (Å²) in [7, 11) is 0. The second-order valence-corrected chi connectivity index (χ2v) is 7.77. The van der Waals surface area contributed by atoms with Crippen molar-refractivity contribution in [3.63, 3.8) is 0 Å². The molecule has 1 nitrogen and oxygen atoms in total. The summed E-state index contributed by atoms with van der Waals surface area (Å²) in [4.78, 5) is 0. The van der Waals surface area contributed by atoms with Crippen LogP contribution >= 0.6 is 0 Å². The molecular weight excluding hydrogens is 182 g/mol. The van der Waals surface area contributed by atoms with Gasteiger partial charge >= 0.3 is 0 Å². The van der Waals surface area contributed by atoms with E-state index in [2.05, 4.69) is 46.9 Å². The van der Waals surface area contributed by atoms with E-state index in [9.17, 15) is 0 Å². The predicted octanol–water partition coefficient (Wildman–Crippen LogP) is 3.84. The Bertz CT molecular complexity index is 213. The van der Waals surface area contributed by atoms with Gasteiger partial charge in [0.15, 0.2) is 0 Å². The van der Waals surface area contributed by atoms with Gasteiger partial charge in [-0.25, -0.2) is 0 Å². The summed E-state index contributed by atoms with van der Waals surface area (Å²) in [5, 5.41) is 3.65. The van der Waals surface area contributed by atoms with Crippen molar-refractivity contribution in [3.05, 3.63) is 0 Å². The van der Waals surface area contributed by atoms with Crippen LogP contribution in [-0.4, -0.2) is 13.1 Å². The molecule has 0 atom stereocenters. The molecule has 1 aliphatic rings. The summed E-state index contributed by atoms with van der Waals surface area (Å²) in [6, 6.07) is 0. The van der Waals surface area contributed by atoms with Gasteiger partial charge in [-0.1, -0.05) is 41.5 Å². The van der Waals surface area contributed by atoms with Crippen LogP contribution in [0.1, 0.15) is 60.8 Å². The van der Waals surface area contributed by atoms with Gasteiger partial charge in [0, 0.05) is 13.1 Å². The number of rotatable bonds is 0. The van der Waals surface area contributed by atoms with Crippen molar-refractivity contribution in [1.29, 1.82) is 0 Å². The van der Waals surface area contributed by atoms with Crippen LogP contribution < -0.4 is 5.32 Å². The van der Waals surface area contributed by atoms with E-state index in [1.54, 1.807) is 0 Å². The van der Waals surface area contributed by atoms with E-state index in [1.165, 1.54) is 19.3 Å². The first-order valence-corrected chi connectivity index (χ1v) is 6.33. The fourth-order valence-electron chi connectivity index (χ4n) is 2.95. The zero-order valence-electron chi connectivity index (χ0n) is 11.5. The summed E-state index contributed by atoms with van der Waals surface area (Å²) >= 11 is 0. The topological polar surface area (TPSA) is 12.0 Å². The minimum absolute atomic E-state index is 0.434. The second kappa shape index (κ2) is 4.08. The first-order valence-electron chi connectivity index (χ1n) is 6.33. The summed E-state index contributed by atoms with van der Waals surface area (Å²) in [6.45, 7) is 16.7. The molecule has 0 spiro atoms. The van der Waals surface area contributed by atoms with Gasteiger partial charge in [0.05, 0.1) is 0 Å². The van der Waals surface area contributed by atoms with Crippen LogP contribution in [0.5, 0.6) is 0 Å². The molecule has 1 heterocycles. The standard InChI is InChI=1S/C14H29N/c1-12(2)7-8-13(3,4)10-15-11-14(5,6)9-12/h15H,7-11H2,1-6H3. The largest absolute Gasteiger partial charge is 0.316 e. The monoisotopic (exact) mass is 211 g/mol. The predicted molar refractivity (Wildman–Crippen MR) is 68.1 cm³/mol.